The van der Waals surface area contributed by atoms with Gasteiger partial charge in [-0.3, -0.25) is 4.79 Å². The van der Waals surface area contributed by atoms with Gasteiger partial charge in [-0.1, -0.05) is 18.8 Å². The number of hydrogen-bond donors (Lipinski definition) is 1. The molecule has 2 rings (SSSR count). The number of nitrogens with two attached hydrogens (primary N) is 1. The molecule has 1 amide bonds. The molecule has 1 fully saturated rings. The molecule has 1 unspecified atom stereocenters. The standard InChI is InChI=1S/C14H18N2OS/c1-11-4-3-7-16(14(11)17)9-13-8-12(10-18-13)5-2-6-15/h8,10-11H,3-4,6-7,9,15H2,1H3. The van der Waals surface area contributed by atoms with Crippen molar-refractivity contribution < 1.29 is 4.79 Å². The summed E-state index contributed by atoms with van der Waals surface area (Å²) in [5.74, 6) is 6.31. The summed E-state index contributed by atoms with van der Waals surface area (Å²) in [4.78, 5) is 15.1. The van der Waals surface area contributed by atoms with E-state index < -0.39 is 0 Å². The van der Waals surface area contributed by atoms with Gasteiger partial charge in [-0.25, -0.2) is 0 Å². The summed E-state index contributed by atoms with van der Waals surface area (Å²) >= 11 is 1.66. The van der Waals surface area contributed by atoms with E-state index in [1.165, 1.54) is 4.88 Å². The fourth-order valence-electron chi connectivity index (χ4n) is 2.16. The van der Waals surface area contributed by atoms with Crippen molar-refractivity contribution in [3.05, 3.63) is 21.9 Å². The molecule has 0 bridgehead atoms. The van der Waals surface area contributed by atoms with Crippen LogP contribution in [0.5, 0.6) is 0 Å². The molecule has 2 heterocycles. The molecule has 0 aromatic carbocycles. The average molecular weight is 262 g/mol. The van der Waals surface area contributed by atoms with Crippen LogP contribution >= 0.6 is 11.3 Å². The number of carbonyl (C=O) groups is 1. The van der Waals surface area contributed by atoms with Crippen molar-refractivity contribution in [3.63, 3.8) is 0 Å². The van der Waals surface area contributed by atoms with Crippen molar-refractivity contribution >= 4 is 17.2 Å². The normalized spacial score (nSPS) is 19.6. The fraction of sp³-hybridized carbons (Fsp3) is 0.500. The number of carbonyl (C=O) groups excluding carboxylic acids is 1. The number of piperidine rings is 1. The molecular weight excluding hydrogens is 244 g/mol. The largest absolute Gasteiger partial charge is 0.337 e. The number of amides is 1. The summed E-state index contributed by atoms with van der Waals surface area (Å²) in [6, 6.07) is 2.06. The molecule has 2 N–H and O–H groups in total. The van der Waals surface area contributed by atoms with E-state index in [9.17, 15) is 4.79 Å². The first-order valence-corrected chi connectivity index (χ1v) is 7.14. The Morgan fingerprint density at radius 3 is 3.22 bits per heavy atom. The van der Waals surface area contributed by atoms with Crippen molar-refractivity contribution in [3.8, 4) is 11.8 Å². The molecule has 3 nitrogen and oxygen atoms in total. The third kappa shape index (κ3) is 3.12. The minimum atomic E-state index is 0.176. The molecule has 1 aromatic heterocycles. The van der Waals surface area contributed by atoms with Gasteiger partial charge in [0.05, 0.1) is 13.1 Å². The maximum atomic E-state index is 12.0. The summed E-state index contributed by atoms with van der Waals surface area (Å²) in [6.07, 6.45) is 2.13. The molecular formula is C14H18N2OS. The maximum Gasteiger partial charge on any atom is 0.225 e. The summed E-state index contributed by atoms with van der Waals surface area (Å²) < 4.78 is 0. The highest BCUT2D eigenvalue weighted by molar-refractivity contribution is 7.10. The summed E-state index contributed by atoms with van der Waals surface area (Å²) in [5.41, 5.74) is 6.34. The predicted molar refractivity (Wildman–Crippen MR) is 74.1 cm³/mol. The Morgan fingerprint density at radius 1 is 1.61 bits per heavy atom. The van der Waals surface area contributed by atoms with Gasteiger partial charge in [0.1, 0.15) is 0 Å². The van der Waals surface area contributed by atoms with E-state index in [1.807, 2.05) is 17.2 Å². The fourth-order valence-corrected chi connectivity index (χ4v) is 2.99. The highest BCUT2D eigenvalue weighted by atomic mass is 32.1. The Labute approximate surface area is 112 Å². The first-order valence-electron chi connectivity index (χ1n) is 6.26. The van der Waals surface area contributed by atoms with Crippen LogP contribution in [0.3, 0.4) is 0 Å². The number of thiophene rings is 1. The Bertz CT molecular complexity index is 483. The third-order valence-corrected chi connectivity index (χ3v) is 4.06. The highest BCUT2D eigenvalue weighted by Gasteiger charge is 2.25. The van der Waals surface area contributed by atoms with Crippen LogP contribution in [0.2, 0.25) is 0 Å². The van der Waals surface area contributed by atoms with Crippen LogP contribution in [-0.2, 0) is 11.3 Å². The molecule has 0 radical (unpaired) electrons. The van der Waals surface area contributed by atoms with Crippen molar-refractivity contribution in [2.75, 3.05) is 13.1 Å². The predicted octanol–water partition coefficient (Wildman–Crippen LogP) is 1.82. The molecule has 0 spiro atoms. The Hall–Kier alpha value is -1.31. The summed E-state index contributed by atoms with van der Waals surface area (Å²) in [5, 5.41) is 2.02. The van der Waals surface area contributed by atoms with Crippen LogP contribution in [0, 0.1) is 17.8 Å². The second kappa shape index (κ2) is 6.03. The lowest BCUT2D eigenvalue weighted by molar-refractivity contribution is -0.138. The zero-order chi connectivity index (χ0) is 13.0. The monoisotopic (exact) mass is 262 g/mol. The van der Waals surface area contributed by atoms with Crippen LogP contribution in [0.1, 0.15) is 30.2 Å². The minimum Gasteiger partial charge on any atom is -0.337 e. The molecule has 18 heavy (non-hydrogen) atoms. The summed E-state index contributed by atoms with van der Waals surface area (Å²) in [6.45, 7) is 4.00. The van der Waals surface area contributed by atoms with Crippen LogP contribution < -0.4 is 5.73 Å². The van der Waals surface area contributed by atoms with Gasteiger partial charge < -0.3 is 10.6 Å². The van der Waals surface area contributed by atoms with Gasteiger partial charge in [0.15, 0.2) is 0 Å². The van der Waals surface area contributed by atoms with Gasteiger partial charge in [0.2, 0.25) is 5.91 Å². The Balaban J connectivity index is 2.00. The van der Waals surface area contributed by atoms with E-state index in [0.29, 0.717) is 6.54 Å². The minimum absolute atomic E-state index is 0.176. The SMILES string of the molecule is CC1CCCN(Cc2cc(C#CCN)cs2)C1=O. The second-order valence-electron chi connectivity index (χ2n) is 4.61. The maximum absolute atomic E-state index is 12.0. The molecule has 1 aromatic rings. The van der Waals surface area contributed by atoms with Gasteiger partial charge in [0, 0.05) is 28.3 Å². The van der Waals surface area contributed by atoms with Crippen molar-refractivity contribution in [1.82, 2.24) is 4.90 Å². The van der Waals surface area contributed by atoms with Crippen molar-refractivity contribution in [2.24, 2.45) is 11.7 Å². The second-order valence-corrected chi connectivity index (χ2v) is 5.61. The molecule has 1 atom stereocenters. The first kappa shape index (κ1) is 13.1. The molecule has 1 aliphatic heterocycles. The van der Waals surface area contributed by atoms with Crippen LogP contribution in [-0.4, -0.2) is 23.9 Å². The van der Waals surface area contributed by atoms with Crippen LogP contribution in [0.15, 0.2) is 11.4 Å². The van der Waals surface area contributed by atoms with E-state index in [-0.39, 0.29) is 11.8 Å². The van der Waals surface area contributed by atoms with Gasteiger partial charge >= 0.3 is 0 Å². The van der Waals surface area contributed by atoms with Gasteiger partial charge in [-0.05, 0) is 18.9 Å². The third-order valence-electron chi connectivity index (χ3n) is 3.13. The lowest BCUT2D eigenvalue weighted by atomic mass is 9.99. The van der Waals surface area contributed by atoms with Crippen LogP contribution in [0.25, 0.3) is 0 Å². The van der Waals surface area contributed by atoms with Gasteiger partial charge in [0.25, 0.3) is 0 Å². The van der Waals surface area contributed by atoms with E-state index in [1.54, 1.807) is 11.3 Å². The number of rotatable bonds is 2. The van der Waals surface area contributed by atoms with Gasteiger partial charge in [-0.15, -0.1) is 11.3 Å². The van der Waals surface area contributed by atoms with E-state index in [2.05, 4.69) is 17.9 Å². The van der Waals surface area contributed by atoms with E-state index >= 15 is 0 Å². The Kier molecular flexibility index (Phi) is 4.40. The quantitative estimate of drug-likeness (QED) is 0.826. The average Bonchev–Trinajstić information content (AvgIpc) is 2.80. The molecule has 96 valence electrons. The first-order chi connectivity index (χ1) is 8.70. The highest BCUT2D eigenvalue weighted by Crippen LogP contribution is 2.22. The van der Waals surface area contributed by atoms with Crippen molar-refractivity contribution in [1.29, 1.82) is 0 Å². The number of hydrogen-bond acceptors (Lipinski definition) is 3. The van der Waals surface area contributed by atoms with E-state index in [4.69, 9.17) is 5.73 Å². The molecule has 1 saturated heterocycles. The number of likely N-dealkylation sites (tertiary alicyclic amines) is 1. The molecule has 4 heteroatoms. The molecule has 0 aliphatic carbocycles. The molecule has 1 aliphatic rings. The topological polar surface area (TPSA) is 46.3 Å². The molecule has 0 saturated carbocycles. The van der Waals surface area contributed by atoms with Crippen LogP contribution in [0.4, 0.5) is 0 Å². The van der Waals surface area contributed by atoms with Gasteiger partial charge in [-0.2, -0.15) is 0 Å². The smallest absolute Gasteiger partial charge is 0.225 e. The Morgan fingerprint density at radius 2 is 2.44 bits per heavy atom. The van der Waals surface area contributed by atoms with E-state index in [0.717, 1.165) is 31.5 Å². The lowest BCUT2D eigenvalue weighted by Crippen LogP contribution is -2.39. The summed E-state index contributed by atoms with van der Waals surface area (Å²) in [7, 11) is 0. The van der Waals surface area contributed by atoms with Crippen molar-refractivity contribution in [2.45, 2.75) is 26.3 Å². The lowest BCUT2D eigenvalue weighted by Gasteiger charge is -2.30. The number of nitrogens with zero attached hydrogens (tertiary/aromatic N) is 1. The zero-order valence-corrected chi connectivity index (χ0v) is 11.4. The zero-order valence-electron chi connectivity index (χ0n) is 10.6.